The molecule has 1 heterocycles. The van der Waals surface area contributed by atoms with Crippen LogP contribution in [0.1, 0.15) is 30.1 Å². The number of nitrogens with zero attached hydrogens (tertiary/aromatic N) is 1. The molecule has 24 heavy (non-hydrogen) atoms. The molecular formula is C16H17F2N3O3. The van der Waals surface area contributed by atoms with E-state index in [0.29, 0.717) is 30.0 Å². The lowest BCUT2D eigenvalue weighted by Crippen LogP contribution is -2.30. The predicted octanol–water partition coefficient (Wildman–Crippen LogP) is 1.71. The number of benzene rings is 1. The summed E-state index contributed by atoms with van der Waals surface area (Å²) in [5, 5.41) is 6.56. The van der Waals surface area contributed by atoms with Crippen LogP contribution in [0.3, 0.4) is 0 Å². The van der Waals surface area contributed by atoms with Gasteiger partial charge in [0.25, 0.3) is 11.8 Å². The molecule has 1 aromatic carbocycles. The van der Waals surface area contributed by atoms with Crippen LogP contribution in [0.5, 0.6) is 5.75 Å². The number of alkyl halides is 2. The van der Waals surface area contributed by atoms with E-state index in [-0.39, 0.29) is 24.2 Å². The minimum atomic E-state index is -2.75. The molecule has 1 fully saturated rings. The molecule has 0 spiro atoms. The quantitative estimate of drug-likeness (QED) is 0.829. The van der Waals surface area contributed by atoms with Crippen LogP contribution in [0.4, 0.5) is 8.78 Å². The van der Waals surface area contributed by atoms with Gasteiger partial charge in [0, 0.05) is 17.8 Å². The van der Waals surface area contributed by atoms with Crippen molar-refractivity contribution in [1.82, 2.24) is 10.7 Å². The summed E-state index contributed by atoms with van der Waals surface area (Å²) in [5.41, 5.74) is 3.49. The number of rotatable bonds is 6. The summed E-state index contributed by atoms with van der Waals surface area (Å²) in [6.07, 6.45) is -0.878. The normalized spacial score (nSPS) is 24.1. The van der Waals surface area contributed by atoms with E-state index in [1.807, 2.05) is 0 Å². The Morgan fingerprint density at radius 3 is 2.62 bits per heavy atom. The zero-order valence-corrected chi connectivity index (χ0v) is 13.0. The number of hydrazone groups is 1. The van der Waals surface area contributed by atoms with Gasteiger partial charge < -0.3 is 10.1 Å². The van der Waals surface area contributed by atoms with Crippen molar-refractivity contribution in [3.8, 4) is 5.75 Å². The zero-order chi connectivity index (χ0) is 17.3. The van der Waals surface area contributed by atoms with Crippen LogP contribution in [-0.2, 0) is 4.79 Å². The molecule has 1 aliphatic heterocycles. The van der Waals surface area contributed by atoms with Gasteiger partial charge in [-0.3, -0.25) is 9.59 Å². The molecule has 1 aliphatic carbocycles. The molecule has 0 bridgehead atoms. The lowest BCUT2D eigenvalue weighted by atomic mass is 10.0. The number of halogens is 2. The van der Waals surface area contributed by atoms with E-state index >= 15 is 0 Å². The van der Waals surface area contributed by atoms with Gasteiger partial charge in [0.15, 0.2) is 6.10 Å². The van der Waals surface area contributed by atoms with Crippen molar-refractivity contribution in [2.75, 3.05) is 6.54 Å². The summed E-state index contributed by atoms with van der Waals surface area (Å²) < 4.78 is 30.7. The second-order valence-electron chi connectivity index (χ2n) is 5.92. The molecule has 0 aromatic heterocycles. The fraction of sp³-hybridized carbons (Fsp3) is 0.438. The van der Waals surface area contributed by atoms with E-state index in [0.717, 1.165) is 0 Å². The molecule has 0 radical (unpaired) electrons. The molecule has 1 aromatic rings. The van der Waals surface area contributed by atoms with Crippen molar-refractivity contribution in [2.45, 2.75) is 31.8 Å². The van der Waals surface area contributed by atoms with Crippen molar-refractivity contribution in [2.24, 2.45) is 11.0 Å². The van der Waals surface area contributed by atoms with Crippen molar-refractivity contribution in [3.05, 3.63) is 29.8 Å². The fourth-order valence-electron chi connectivity index (χ4n) is 2.43. The Hall–Kier alpha value is -2.51. The summed E-state index contributed by atoms with van der Waals surface area (Å²) >= 11 is 0. The molecule has 128 valence electrons. The van der Waals surface area contributed by atoms with Crippen LogP contribution in [0, 0.1) is 5.92 Å². The van der Waals surface area contributed by atoms with E-state index in [1.54, 1.807) is 6.92 Å². The van der Waals surface area contributed by atoms with Crippen LogP contribution >= 0.6 is 0 Å². The monoisotopic (exact) mass is 337 g/mol. The van der Waals surface area contributed by atoms with E-state index < -0.39 is 12.0 Å². The molecule has 3 rings (SSSR count). The van der Waals surface area contributed by atoms with Crippen LogP contribution in [0.2, 0.25) is 0 Å². The molecule has 2 unspecified atom stereocenters. The Labute approximate surface area is 137 Å². The maximum absolute atomic E-state index is 12.8. The highest BCUT2D eigenvalue weighted by molar-refractivity contribution is 6.06. The molecular weight excluding hydrogens is 320 g/mol. The Balaban J connectivity index is 1.47. The van der Waals surface area contributed by atoms with Gasteiger partial charge in [-0.05, 0) is 37.6 Å². The first-order valence-electron chi connectivity index (χ1n) is 7.63. The number of carbonyl (C=O) groups is 2. The Kier molecular flexibility index (Phi) is 4.21. The highest BCUT2D eigenvalue weighted by Gasteiger charge is 2.59. The number of hydrogen-bond acceptors (Lipinski definition) is 4. The first-order chi connectivity index (χ1) is 11.4. The molecule has 0 saturated heterocycles. The van der Waals surface area contributed by atoms with Gasteiger partial charge in [-0.1, -0.05) is 0 Å². The van der Waals surface area contributed by atoms with E-state index in [2.05, 4.69) is 15.8 Å². The number of nitrogens with one attached hydrogen (secondary N) is 2. The molecule has 1 saturated carbocycles. The zero-order valence-electron chi connectivity index (χ0n) is 13.0. The van der Waals surface area contributed by atoms with E-state index in [9.17, 15) is 18.4 Å². The lowest BCUT2D eigenvalue weighted by molar-refractivity contribution is -0.122. The SMILES string of the molecule is CC1=NNC(=O)C1CCNC(=O)c1ccc(OC2CC2(F)F)cc1. The highest BCUT2D eigenvalue weighted by Crippen LogP contribution is 2.44. The van der Waals surface area contributed by atoms with Crippen LogP contribution in [0.15, 0.2) is 29.4 Å². The number of carbonyl (C=O) groups excluding carboxylic acids is 2. The molecule has 2 atom stereocenters. The molecule has 6 nitrogen and oxygen atoms in total. The van der Waals surface area contributed by atoms with Gasteiger partial charge in [-0.2, -0.15) is 5.10 Å². The van der Waals surface area contributed by atoms with Gasteiger partial charge >= 0.3 is 0 Å². The van der Waals surface area contributed by atoms with Crippen molar-refractivity contribution in [1.29, 1.82) is 0 Å². The van der Waals surface area contributed by atoms with E-state index in [1.165, 1.54) is 24.3 Å². The van der Waals surface area contributed by atoms with Gasteiger partial charge in [0.05, 0.1) is 12.3 Å². The molecule has 2 aliphatic rings. The van der Waals surface area contributed by atoms with Crippen LogP contribution < -0.4 is 15.5 Å². The fourth-order valence-corrected chi connectivity index (χ4v) is 2.43. The standard InChI is InChI=1S/C16H17F2N3O3/c1-9-12(15(23)21-20-9)6-7-19-14(22)10-2-4-11(5-3-10)24-13-8-16(13,17)18/h2-5,12-13H,6-8H2,1H3,(H,19,22)(H,21,23). The van der Waals surface area contributed by atoms with E-state index in [4.69, 9.17) is 4.74 Å². The van der Waals surface area contributed by atoms with Gasteiger partial charge in [-0.25, -0.2) is 14.2 Å². The average Bonchev–Trinajstić information content (AvgIpc) is 3.02. The summed E-state index contributed by atoms with van der Waals surface area (Å²) in [5.74, 6) is -3.22. The van der Waals surface area contributed by atoms with Crippen LogP contribution in [0.25, 0.3) is 0 Å². The third-order valence-corrected chi connectivity index (χ3v) is 4.05. The smallest absolute Gasteiger partial charge is 0.288 e. The molecule has 8 heteroatoms. The summed E-state index contributed by atoms with van der Waals surface area (Å²) in [6.45, 7) is 2.09. The summed E-state index contributed by atoms with van der Waals surface area (Å²) in [7, 11) is 0. The molecule has 2 N–H and O–H groups in total. The first-order valence-corrected chi connectivity index (χ1v) is 7.63. The number of hydrogen-bond donors (Lipinski definition) is 2. The minimum absolute atomic E-state index is 0.167. The topological polar surface area (TPSA) is 79.8 Å². The summed E-state index contributed by atoms with van der Waals surface area (Å²) in [4.78, 5) is 23.5. The predicted molar refractivity (Wildman–Crippen MR) is 82.1 cm³/mol. The highest BCUT2D eigenvalue weighted by atomic mass is 19.3. The van der Waals surface area contributed by atoms with Crippen molar-refractivity contribution in [3.63, 3.8) is 0 Å². The number of ether oxygens (including phenoxy) is 1. The van der Waals surface area contributed by atoms with Gasteiger partial charge in [0.2, 0.25) is 5.91 Å². The lowest BCUT2D eigenvalue weighted by Gasteiger charge is -2.10. The Morgan fingerprint density at radius 2 is 2.08 bits per heavy atom. The number of amides is 2. The Morgan fingerprint density at radius 1 is 1.42 bits per heavy atom. The minimum Gasteiger partial charge on any atom is -0.484 e. The maximum Gasteiger partial charge on any atom is 0.288 e. The average molecular weight is 337 g/mol. The van der Waals surface area contributed by atoms with Crippen LogP contribution in [-0.4, -0.2) is 36.1 Å². The second kappa shape index (κ2) is 6.18. The third kappa shape index (κ3) is 3.52. The van der Waals surface area contributed by atoms with Gasteiger partial charge in [0.1, 0.15) is 5.75 Å². The Bertz CT molecular complexity index is 688. The maximum atomic E-state index is 12.8. The third-order valence-electron chi connectivity index (χ3n) is 4.05. The molecule has 2 amide bonds. The van der Waals surface area contributed by atoms with Crippen molar-refractivity contribution >= 4 is 17.5 Å². The summed E-state index contributed by atoms with van der Waals surface area (Å²) in [6, 6.07) is 6.01. The van der Waals surface area contributed by atoms with Gasteiger partial charge in [-0.15, -0.1) is 0 Å². The largest absolute Gasteiger partial charge is 0.484 e. The first kappa shape index (κ1) is 16.4. The van der Waals surface area contributed by atoms with Crippen molar-refractivity contribution < 1.29 is 23.1 Å². The second-order valence-corrected chi connectivity index (χ2v) is 5.92.